The van der Waals surface area contributed by atoms with Crippen LogP contribution < -0.4 is 0 Å². The van der Waals surface area contributed by atoms with Crippen molar-refractivity contribution in [2.45, 2.75) is 32.2 Å². The zero-order valence-electron chi connectivity index (χ0n) is 12.3. The normalized spacial score (nSPS) is 17.7. The van der Waals surface area contributed by atoms with E-state index in [-0.39, 0.29) is 0 Å². The van der Waals surface area contributed by atoms with Gasteiger partial charge < -0.3 is 14.5 Å². The van der Waals surface area contributed by atoms with Crippen LogP contribution in [0.5, 0.6) is 0 Å². The van der Waals surface area contributed by atoms with Gasteiger partial charge in [0.15, 0.2) is 4.77 Å². The van der Waals surface area contributed by atoms with Crippen molar-refractivity contribution in [3.05, 3.63) is 28.5 Å². The van der Waals surface area contributed by atoms with Crippen molar-refractivity contribution >= 4 is 23.3 Å². The van der Waals surface area contributed by atoms with Gasteiger partial charge in [-0.2, -0.15) is 5.26 Å². The summed E-state index contributed by atoms with van der Waals surface area (Å²) in [5, 5.41) is 9.21. The lowest BCUT2D eigenvalue weighted by Gasteiger charge is -2.29. The summed E-state index contributed by atoms with van der Waals surface area (Å²) in [7, 11) is 0. The fourth-order valence-corrected chi connectivity index (χ4v) is 3.66. The SMILES string of the molecule is CC(CN1CCCCC1)n1c(=S)[nH]c2c(C#N)cccc21. The Kier molecular flexibility index (Phi) is 4.09. The first-order valence-electron chi connectivity index (χ1n) is 7.56. The largest absolute Gasteiger partial charge is 0.329 e. The third-order valence-electron chi connectivity index (χ3n) is 4.29. The zero-order chi connectivity index (χ0) is 14.8. The summed E-state index contributed by atoms with van der Waals surface area (Å²) in [5.41, 5.74) is 2.54. The van der Waals surface area contributed by atoms with E-state index in [4.69, 9.17) is 12.2 Å². The highest BCUT2D eigenvalue weighted by molar-refractivity contribution is 7.71. The third-order valence-corrected chi connectivity index (χ3v) is 4.58. The van der Waals surface area contributed by atoms with E-state index >= 15 is 0 Å². The quantitative estimate of drug-likeness (QED) is 0.881. The molecule has 1 aromatic carbocycles. The van der Waals surface area contributed by atoms with Gasteiger partial charge in [0.1, 0.15) is 6.07 Å². The van der Waals surface area contributed by atoms with E-state index in [0.29, 0.717) is 16.4 Å². The number of rotatable bonds is 3. The Morgan fingerprint density at radius 2 is 2.10 bits per heavy atom. The number of aromatic nitrogens is 2. The summed E-state index contributed by atoms with van der Waals surface area (Å²) in [4.78, 5) is 5.72. The van der Waals surface area contributed by atoms with Crippen LogP contribution >= 0.6 is 12.2 Å². The minimum absolute atomic E-state index is 0.304. The average Bonchev–Trinajstić information content (AvgIpc) is 2.84. The number of nitrogens with one attached hydrogen (secondary N) is 1. The van der Waals surface area contributed by atoms with E-state index < -0.39 is 0 Å². The Labute approximate surface area is 130 Å². The Hall–Kier alpha value is -1.64. The van der Waals surface area contributed by atoms with Crippen LogP contribution in [-0.4, -0.2) is 34.1 Å². The predicted molar refractivity (Wildman–Crippen MR) is 86.8 cm³/mol. The van der Waals surface area contributed by atoms with Gasteiger partial charge in [0.25, 0.3) is 0 Å². The first-order valence-corrected chi connectivity index (χ1v) is 7.97. The minimum Gasteiger partial charge on any atom is -0.329 e. The predicted octanol–water partition coefficient (Wildman–Crippen LogP) is 3.62. The van der Waals surface area contributed by atoms with Gasteiger partial charge in [-0.3, -0.25) is 0 Å². The lowest BCUT2D eigenvalue weighted by atomic mass is 10.1. The van der Waals surface area contributed by atoms with Crippen molar-refractivity contribution in [2.24, 2.45) is 0 Å². The molecule has 1 aliphatic heterocycles. The molecule has 0 aliphatic carbocycles. The molecule has 4 nitrogen and oxygen atoms in total. The summed E-state index contributed by atoms with van der Waals surface area (Å²) in [6.45, 7) is 5.59. The Morgan fingerprint density at radius 1 is 1.33 bits per heavy atom. The van der Waals surface area contributed by atoms with E-state index in [9.17, 15) is 5.26 Å². The first kappa shape index (κ1) is 14.3. The molecule has 21 heavy (non-hydrogen) atoms. The molecule has 0 saturated carbocycles. The number of nitriles is 1. The van der Waals surface area contributed by atoms with Gasteiger partial charge in [0.05, 0.1) is 16.6 Å². The van der Waals surface area contributed by atoms with Crippen molar-refractivity contribution in [2.75, 3.05) is 19.6 Å². The molecular weight excluding hydrogens is 280 g/mol. The third kappa shape index (κ3) is 2.74. The van der Waals surface area contributed by atoms with Crippen molar-refractivity contribution in [1.82, 2.24) is 14.5 Å². The van der Waals surface area contributed by atoms with Crippen LogP contribution in [0.2, 0.25) is 0 Å². The van der Waals surface area contributed by atoms with Gasteiger partial charge in [-0.1, -0.05) is 12.5 Å². The molecule has 2 heterocycles. The van der Waals surface area contributed by atoms with Crippen LogP contribution in [0.1, 0.15) is 37.8 Å². The van der Waals surface area contributed by atoms with Crippen molar-refractivity contribution < 1.29 is 0 Å². The number of aromatic amines is 1. The lowest BCUT2D eigenvalue weighted by molar-refractivity contribution is 0.202. The molecule has 0 radical (unpaired) electrons. The van der Waals surface area contributed by atoms with Crippen LogP contribution in [0, 0.1) is 16.1 Å². The zero-order valence-corrected chi connectivity index (χ0v) is 13.1. The summed E-state index contributed by atoms with van der Waals surface area (Å²) in [5.74, 6) is 0. The molecule has 1 unspecified atom stereocenters. The fourth-order valence-electron chi connectivity index (χ4n) is 3.28. The number of imidazole rings is 1. The lowest BCUT2D eigenvalue weighted by Crippen LogP contribution is -2.34. The number of likely N-dealkylation sites (tertiary alicyclic amines) is 1. The molecule has 1 fully saturated rings. The number of hydrogen-bond donors (Lipinski definition) is 1. The van der Waals surface area contributed by atoms with Crippen LogP contribution in [-0.2, 0) is 0 Å². The molecule has 1 N–H and O–H groups in total. The molecule has 0 spiro atoms. The number of hydrogen-bond acceptors (Lipinski definition) is 3. The standard InChI is InChI=1S/C16H20N4S/c1-12(11-19-8-3-2-4-9-19)20-14-7-5-6-13(10-17)15(14)18-16(20)21/h5-7,12H,2-4,8-9,11H2,1H3,(H,18,21). The molecule has 3 rings (SSSR count). The highest BCUT2D eigenvalue weighted by Crippen LogP contribution is 2.23. The number of nitrogens with zero attached hydrogens (tertiary/aromatic N) is 3. The minimum atomic E-state index is 0.304. The maximum Gasteiger partial charge on any atom is 0.178 e. The average molecular weight is 300 g/mol. The molecular formula is C16H20N4S. The number of H-pyrrole nitrogens is 1. The first-order chi connectivity index (χ1) is 10.2. The monoisotopic (exact) mass is 300 g/mol. The summed E-state index contributed by atoms with van der Waals surface area (Å²) < 4.78 is 2.86. The topological polar surface area (TPSA) is 47.8 Å². The van der Waals surface area contributed by atoms with Gasteiger partial charge in [0, 0.05) is 12.6 Å². The number of fused-ring (bicyclic) bond motifs is 1. The van der Waals surface area contributed by atoms with E-state index in [1.807, 2.05) is 18.2 Å². The van der Waals surface area contributed by atoms with Crippen molar-refractivity contribution in [3.63, 3.8) is 0 Å². The van der Waals surface area contributed by atoms with Crippen molar-refractivity contribution in [3.8, 4) is 6.07 Å². The molecule has 2 aromatic rings. The van der Waals surface area contributed by atoms with Gasteiger partial charge in [0.2, 0.25) is 0 Å². The Morgan fingerprint density at radius 3 is 2.81 bits per heavy atom. The van der Waals surface area contributed by atoms with Crippen LogP contribution in [0.3, 0.4) is 0 Å². The summed E-state index contributed by atoms with van der Waals surface area (Å²) in [6, 6.07) is 8.32. The van der Waals surface area contributed by atoms with Crippen LogP contribution in [0.4, 0.5) is 0 Å². The fraction of sp³-hybridized carbons (Fsp3) is 0.500. The summed E-state index contributed by atoms with van der Waals surface area (Å²) >= 11 is 5.48. The van der Waals surface area contributed by atoms with Gasteiger partial charge >= 0.3 is 0 Å². The van der Waals surface area contributed by atoms with Crippen molar-refractivity contribution in [1.29, 1.82) is 5.26 Å². The molecule has 1 aliphatic rings. The number of benzene rings is 1. The van der Waals surface area contributed by atoms with Crippen LogP contribution in [0.25, 0.3) is 11.0 Å². The van der Waals surface area contributed by atoms with Crippen LogP contribution in [0.15, 0.2) is 18.2 Å². The molecule has 1 atom stereocenters. The smallest absolute Gasteiger partial charge is 0.178 e. The Bertz CT molecular complexity index is 731. The second kappa shape index (κ2) is 6.00. The molecule has 0 amide bonds. The maximum atomic E-state index is 9.21. The number of piperidine rings is 1. The molecule has 1 saturated heterocycles. The Balaban J connectivity index is 1.94. The second-order valence-corrected chi connectivity index (χ2v) is 6.21. The van der Waals surface area contributed by atoms with E-state index in [2.05, 4.69) is 27.4 Å². The highest BCUT2D eigenvalue weighted by atomic mass is 32.1. The van der Waals surface area contributed by atoms with E-state index in [1.165, 1.54) is 32.4 Å². The van der Waals surface area contributed by atoms with E-state index in [1.54, 1.807) is 0 Å². The second-order valence-electron chi connectivity index (χ2n) is 5.82. The highest BCUT2D eigenvalue weighted by Gasteiger charge is 2.17. The van der Waals surface area contributed by atoms with Gasteiger partial charge in [-0.05, 0) is 57.2 Å². The molecule has 5 heteroatoms. The molecule has 1 aromatic heterocycles. The molecule has 110 valence electrons. The van der Waals surface area contributed by atoms with Gasteiger partial charge in [-0.15, -0.1) is 0 Å². The maximum absolute atomic E-state index is 9.21. The van der Waals surface area contributed by atoms with E-state index in [0.717, 1.165) is 17.6 Å². The number of para-hydroxylation sites is 1. The molecule has 0 bridgehead atoms. The van der Waals surface area contributed by atoms with Gasteiger partial charge in [-0.25, -0.2) is 0 Å². The summed E-state index contributed by atoms with van der Waals surface area (Å²) in [6.07, 6.45) is 3.94.